The van der Waals surface area contributed by atoms with Crippen molar-refractivity contribution in [2.45, 2.75) is 24.4 Å². The van der Waals surface area contributed by atoms with Crippen LogP contribution in [0.25, 0.3) is 28.3 Å². The zero-order chi connectivity index (χ0) is 23.6. The molecule has 1 atom stereocenters. The third-order valence-electron chi connectivity index (χ3n) is 7.69. The number of benzene rings is 4. The van der Waals surface area contributed by atoms with Gasteiger partial charge in [0.25, 0.3) is 0 Å². The van der Waals surface area contributed by atoms with Crippen LogP contribution in [0.4, 0.5) is 0 Å². The molecule has 1 aliphatic carbocycles. The van der Waals surface area contributed by atoms with Gasteiger partial charge in [0.05, 0.1) is 0 Å². The van der Waals surface area contributed by atoms with Crippen LogP contribution >= 0.6 is 17.0 Å². The summed E-state index contributed by atoms with van der Waals surface area (Å²) in [4.78, 5) is 0. The molecule has 4 aromatic rings. The zero-order valence-electron chi connectivity index (χ0n) is 19.6. The van der Waals surface area contributed by atoms with Crippen molar-refractivity contribution in [1.82, 2.24) is 0 Å². The molecule has 2 aliphatic rings. The van der Waals surface area contributed by atoms with Crippen molar-refractivity contribution in [3.05, 3.63) is 107 Å². The molecule has 0 nitrogen and oxygen atoms in total. The van der Waals surface area contributed by atoms with Crippen LogP contribution in [0.15, 0.2) is 84.4 Å². The summed E-state index contributed by atoms with van der Waals surface area (Å²) in [5.74, 6) is 0. The molecular formula is C30H26Cl2SiZr. The van der Waals surface area contributed by atoms with E-state index in [1.807, 2.05) is 0 Å². The summed E-state index contributed by atoms with van der Waals surface area (Å²) < 4.78 is 1.42. The van der Waals surface area contributed by atoms with Crippen molar-refractivity contribution in [3.63, 3.8) is 0 Å². The minimum absolute atomic E-state index is 0.124. The van der Waals surface area contributed by atoms with Gasteiger partial charge in [-0.25, -0.2) is 0 Å². The summed E-state index contributed by atoms with van der Waals surface area (Å²) in [6.07, 6.45) is 2.36. The van der Waals surface area contributed by atoms with Crippen LogP contribution in [0.3, 0.4) is 0 Å². The number of aryl methyl sites for hydroxylation is 1. The monoisotopic (exact) mass is 574 g/mol. The molecule has 168 valence electrons. The fourth-order valence-electron chi connectivity index (χ4n) is 6.00. The van der Waals surface area contributed by atoms with E-state index in [0.717, 1.165) is 0 Å². The molecule has 0 fully saturated rings. The van der Waals surface area contributed by atoms with Gasteiger partial charge in [0.2, 0.25) is 0 Å². The molecule has 34 heavy (non-hydrogen) atoms. The number of rotatable bonds is 3. The predicted octanol–water partition coefficient (Wildman–Crippen LogP) is 6.32. The maximum absolute atomic E-state index is 7.66. The van der Waals surface area contributed by atoms with Gasteiger partial charge < -0.3 is 0 Å². The van der Waals surface area contributed by atoms with Crippen LogP contribution in [-0.2, 0) is 17.9 Å². The Morgan fingerprint density at radius 1 is 0.794 bits per heavy atom. The molecule has 1 aliphatic heterocycles. The topological polar surface area (TPSA) is 0 Å². The van der Waals surface area contributed by atoms with E-state index in [1.165, 1.54) is 63.7 Å². The van der Waals surface area contributed by atoms with Gasteiger partial charge in [0, 0.05) is 0 Å². The van der Waals surface area contributed by atoms with Crippen molar-refractivity contribution in [3.8, 4) is 22.3 Å². The Bertz CT molecular complexity index is 1490. The summed E-state index contributed by atoms with van der Waals surface area (Å²) in [5.41, 5.74) is 11.9. The normalized spacial score (nSPS) is 16.9. The van der Waals surface area contributed by atoms with Gasteiger partial charge in [-0.1, -0.05) is 0 Å². The molecule has 1 unspecified atom stereocenters. The molecule has 0 amide bonds. The first-order valence-electron chi connectivity index (χ1n) is 11.8. The third kappa shape index (κ3) is 3.41. The van der Waals surface area contributed by atoms with Crippen molar-refractivity contribution in [2.24, 2.45) is 0 Å². The number of halogens is 2. The van der Waals surface area contributed by atoms with Crippen LogP contribution in [-0.4, -0.2) is 9.52 Å². The van der Waals surface area contributed by atoms with Crippen LogP contribution in [0, 0.1) is 13.8 Å². The molecule has 6 rings (SSSR count). The number of fused-ring (bicyclic) bond motifs is 4. The van der Waals surface area contributed by atoms with Gasteiger partial charge in [0.1, 0.15) is 0 Å². The van der Waals surface area contributed by atoms with E-state index in [1.54, 1.807) is 0 Å². The summed E-state index contributed by atoms with van der Waals surface area (Å²) in [5, 5.41) is 3.00. The Morgan fingerprint density at radius 3 is 2.29 bits per heavy atom. The SMILES string of the molecule is CC1=Cc2c(cc(C)c(C)c2-c2ccccc2)[CH]1[Zr]([Cl])([Cl])[c]1cccc2c1[SiH2]c1ccccc1-2. The van der Waals surface area contributed by atoms with Gasteiger partial charge in [-0.2, -0.15) is 0 Å². The molecule has 1 heterocycles. The zero-order valence-corrected chi connectivity index (χ0v) is 25.0. The Hall–Kier alpha value is -1.70. The number of hydrogen-bond acceptors (Lipinski definition) is 0. The van der Waals surface area contributed by atoms with E-state index < -0.39 is 27.4 Å². The molecule has 4 aromatic carbocycles. The Morgan fingerprint density at radius 2 is 1.50 bits per heavy atom. The van der Waals surface area contributed by atoms with E-state index in [-0.39, 0.29) is 3.63 Å². The molecular weight excluding hydrogens is 551 g/mol. The summed E-state index contributed by atoms with van der Waals surface area (Å²) in [7, 11) is 14.7. The van der Waals surface area contributed by atoms with E-state index >= 15 is 0 Å². The van der Waals surface area contributed by atoms with Crippen molar-refractivity contribution in [2.75, 3.05) is 0 Å². The fourth-order valence-corrected chi connectivity index (χ4v) is 23.1. The van der Waals surface area contributed by atoms with Gasteiger partial charge in [-0.05, 0) is 0 Å². The molecule has 0 saturated heterocycles. The Balaban J connectivity index is 1.53. The molecule has 0 bridgehead atoms. The van der Waals surface area contributed by atoms with Crippen LogP contribution in [0.1, 0.15) is 32.8 Å². The fraction of sp³-hybridized carbons (Fsp3) is 0.133. The molecule has 0 spiro atoms. The second-order valence-corrected chi connectivity index (χ2v) is 25.5. The first-order chi connectivity index (χ1) is 16.4. The second-order valence-electron chi connectivity index (χ2n) is 9.67. The van der Waals surface area contributed by atoms with Crippen LogP contribution in [0.5, 0.6) is 0 Å². The van der Waals surface area contributed by atoms with Crippen molar-refractivity contribution in [1.29, 1.82) is 0 Å². The number of hydrogen-bond donors (Lipinski definition) is 0. The van der Waals surface area contributed by atoms with Gasteiger partial charge >= 0.3 is 217 Å². The van der Waals surface area contributed by atoms with E-state index in [4.69, 9.17) is 17.0 Å². The van der Waals surface area contributed by atoms with Gasteiger partial charge in [0.15, 0.2) is 0 Å². The summed E-state index contributed by atoms with van der Waals surface area (Å²) in [6.45, 7) is 6.69. The molecule has 0 saturated carbocycles. The van der Waals surface area contributed by atoms with Crippen LogP contribution < -0.4 is 13.6 Å². The van der Waals surface area contributed by atoms with E-state index in [0.29, 0.717) is 0 Å². The first kappa shape index (κ1) is 22.7. The second kappa shape index (κ2) is 8.45. The third-order valence-corrected chi connectivity index (χ3v) is 22.2. The predicted molar refractivity (Wildman–Crippen MR) is 149 cm³/mol. The van der Waals surface area contributed by atoms with E-state index in [2.05, 4.69) is 106 Å². The molecule has 0 aromatic heterocycles. The Labute approximate surface area is 216 Å². The van der Waals surface area contributed by atoms with Crippen LogP contribution in [0.2, 0.25) is 0 Å². The average Bonchev–Trinajstić information content (AvgIpc) is 3.37. The van der Waals surface area contributed by atoms with E-state index in [9.17, 15) is 0 Å². The Kier molecular flexibility index (Phi) is 5.66. The maximum atomic E-state index is 7.66. The molecule has 0 N–H and O–H groups in total. The standard InChI is InChI=1S/C18H17.C12H9Si.2ClH.Zr/c1-12-9-16-11-13(2)14(3)18(17(16)10-12)15-7-5-4-6-8-15;1-3-7-11-9(5-1)10-6-2-4-8-12(10)13-11;;;/h4-11H,1-3H3;1-7H,13H2;2*1H;/q;;;;+2/p-2. The van der Waals surface area contributed by atoms with Crippen molar-refractivity contribution < 1.29 is 17.9 Å². The van der Waals surface area contributed by atoms with Gasteiger partial charge in [-0.15, -0.1) is 0 Å². The number of allylic oxidation sites excluding steroid dienone is 1. The molecule has 4 heteroatoms. The van der Waals surface area contributed by atoms with Gasteiger partial charge in [-0.3, -0.25) is 0 Å². The first-order valence-corrected chi connectivity index (χ1v) is 22.2. The minimum atomic E-state index is -3.87. The average molecular weight is 577 g/mol. The van der Waals surface area contributed by atoms with Crippen molar-refractivity contribution >= 4 is 46.3 Å². The summed E-state index contributed by atoms with van der Waals surface area (Å²) >= 11 is -3.87. The summed E-state index contributed by atoms with van der Waals surface area (Å²) in [6, 6.07) is 28.6. The molecule has 0 radical (unpaired) electrons. The quantitative estimate of drug-likeness (QED) is 0.221.